The van der Waals surface area contributed by atoms with Gasteiger partial charge in [-0.3, -0.25) is 4.79 Å². The van der Waals surface area contributed by atoms with Crippen molar-refractivity contribution in [1.82, 2.24) is 0 Å². The molecule has 0 saturated carbocycles. The highest BCUT2D eigenvalue weighted by molar-refractivity contribution is 5.91. The predicted octanol–water partition coefficient (Wildman–Crippen LogP) is 5.88. The minimum Gasteiger partial charge on any atom is -0.295 e. The molecule has 0 N–H and O–H groups in total. The molecule has 2 aliphatic rings. The SMILES string of the molecule is C.C=C1C=C(C(C)C)CC1.CC(C)C1=CC(=O)CCC1. The monoisotopic (exact) mass is 276 g/mol. The van der Waals surface area contributed by atoms with Crippen LogP contribution in [0.3, 0.4) is 0 Å². The van der Waals surface area contributed by atoms with Gasteiger partial charge >= 0.3 is 0 Å². The first-order valence-corrected chi connectivity index (χ1v) is 7.51. The van der Waals surface area contributed by atoms with E-state index in [0.717, 1.165) is 25.2 Å². The predicted molar refractivity (Wildman–Crippen MR) is 89.8 cm³/mol. The summed E-state index contributed by atoms with van der Waals surface area (Å²) < 4.78 is 0. The van der Waals surface area contributed by atoms with Crippen LogP contribution in [-0.2, 0) is 4.79 Å². The molecular weight excluding hydrogens is 244 g/mol. The van der Waals surface area contributed by atoms with Crippen molar-refractivity contribution in [2.75, 3.05) is 0 Å². The second kappa shape index (κ2) is 8.94. The smallest absolute Gasteiger partial charge is 0.155 e. The number of hydrogen-bond acceptors (Lipinski definition) is 1. The summed E-state index contributed by atoms with van der Waals surface area (Å²) in [6, 6.07) is 0. The van der Waals surface area contributed by atoms with Gasteiger partial charge in [-0.05, 0) is 43.6 Å². The van der Waals surface area contributed by atoms with Crippen molar-refractivity contribution >= 4 is 5.78 Å². The summed E-state index contributed by atoms with van der Waals surface area (Å²) in [5.41, 5.74) is 4.20. The Morgan fingerprint density at radius 3 is 1.75 bits per heavy atom. The molecule has 0 saturated heterocycles. The Balaban J connectivity index is 0.000000345. The van der Waals surface area contributed by atoms with Crippen LogP contribution in [0.5, 0.6) is 0 Å². The molecule has 20 heavy (non-hydrogen) atoms. The zero-order valence-electron chi connectivity index (χ0n) is 13.0. The molecule has 0 heterocycles. The maximum Gasteiger partial charge on any atom is 0.155 e. The van der Waals surface area contributed by atoms with Gasteiger partial charge in [0, 0.05) is 6.42 Å². The highest BCUT2D eigenvalue weighted by Crippen LogP contribution is 2.27. The van der Waals surface area contributed by atoms with E-state index in [9.17, 15) is 4.79 Å². The van der Waals surface area contributed by atoms with Crippen LogP contribution in [0, 0.1) is 11.8 Å². The molecule has 114 valence electrons. The van der Waals surface area contributed by atoms with E-state index in [1.807, 2.05) is 6.08 Å². The van der Waals surface area contributed by atoms with Crippen LogP contribution in [0.2, 0.25) is 0 Å². The van der Waals surface area contributed by atoms with E-state index < -0.39 is 0 Å². The molecule has 0 bridgehead atoms. The van der Waals surface area contributed by atoms with Crippen molar-refractivity contribution in [1.29, 1.82) is 0 Å². The van der Waals surface area contributed by atoms with Gasteiger partial charge in [0.2, 0.25) is 0 Å². The van der Waals surface area contributed by atoms with Crippen LogP contribution < -0.4 is 0 Å². The molecule has 0 spiro atoms. The van der Waals surface area contributed by atoms with Crippen LogP contribution in [0.25, 0.3) is 0 Å². The van der Waals surface area contributed by atoms with Crippen molar-refractivity contribution in [2.45, 2.75) is 67.2 Å². The van der Waals surface area contributed by atoms with E-state index in [-0.39, 0.29) is 7.43 Å². The summed E-state index contributed by atoms with van der Waals surface area (Å²) in [6.07, 6.45) is 9.45. The maximum atomic E-state index is 10.9. The molecule has 2 rings (SSSR count). The Labute approximate surface area is 125 Å². The Morgan fingerprint density at radius 1 is 0.900 bits per heavy atom. The second-order valence-corrected chi connectivity index (χ2v) is 6.23. The number of rotatable bonds is 2. The molecule has 1 nitrogen and oxygen atoms in total. The molecule has 0 aliphatic heterocycles. The summed E-state index contributed by atoms with van der Waals surface area (Å²) in [4.78, 5) is 10.9. The fourth-order valence-corrected chi connectivity index (χ4v) is 2.44. The molecule has 0 aromatic rings. The summed E-state index contributed by atoms with van der Waals surface area (Å²) in [5, 5.41) is 0. The van der Waals surface area contributed by atoms with Crippen molar-refractivity contribution in [3.8, 4) is 0 Å². The third kappa shape index (κ3) is 6.36. The molecular formula is C19H32O. The first-order chi connectivity index (χ1) is 8.90. The molecule has 0 fully saturated rings. The third-order valence-electron chi connectivity index (χ3n) is 3.84. The van der Waals surface area contributed by atoms with E-state index in [4.69, 9.17) is 0 Å². The average Bonchev–Trinajstić information content (AvgIpc) is 2.77. The topological polar surface area (TPSA) is 17.1 Å². The molecule has 0 radical (unpaired) electrons. The zero-order valence-corrected chi connectivity index (χ0v) is 13.0. The van der Waals surface area contributed by atoms with Gasteiger partial charge in [0.25, 0.3) is 0 Å². The number of hydrogen-bond donors (Lipinski definition) is 0. The second-order valence-electron chi connectivity index (χ2n) is 6.23. The number of carbonyl (C=O) groups excluding carboxylic acids is 1. The van der Waals surface area contributed by atoms with Gasteiger partial charge in [-0.15, -0.1) is 0 Å². The van der Waals surface area contributed by atoms with Crippen LogP contribution in [0.1, 0.15) is 67.2 Å². The molecule has 0 amide bonds. The molecule has 0 aromatic carbocycles. The summed E-state index contributed by atoms with van der Waals surface area (Å²) in [7, 11) is 0. The van der Waals surface area contributed by atoms with Crippen LogP contribution in [0.15, 0.2) is 35.5 Å². The van der Waals surface area contributed by atoms with Crippen LogP contribution >= 0.6 is 0 Å². The molecule has 2 aliphatic carbocycles. The van der Waals surface area contributed by atoms with Crippen molar-refractivity contribution < 1.29 is 4.79 Å². The molecule has 0 aromatic heterocycles. The fraction of sp³-hybridized carbons (Fsp3) is 0.632. The first kappa shape index (κ1) is 18.9. The van der Waals surface area contributed by atoms with E-state index in [1.54, 1.807) is 5.57 Å². The Bertz CT molecular complexity index is 394. The summed E-state index contributed by atoms with van der Waals surface area (Å²) in [6.45, 7) is 12.7. The van der Waals surface area contributed by atoms with Crippen LogP contribution in [0.4, 0.5) is 0 Å². The van der Waals surface area contributed by atoms with E-state index >= 15 is 0 Å². The maximum absolute atomic E-state index is 10.9. The van der Waals surface area contributed by atoms with Gasteiger partial charge in [0.1, 0.15) is 0 Å². The Kier molecular flexibility index (Phi) is 8.45. The van der Waals surface area contributed by atoms with E-state index in [1.165, 1.54) is 24.0 Å². The fourth-order valence-electron chi connectivity index (χ4n) is 2.44. The van der Waals surface area contributed by atoms with Gasteiger partial charge in [0.05, 0.1) is 0 Å². The Hall–Kier alpha value is -1.11. The van der Waals surface area contributed by atoms with Gasteiger partial charge in [-0.25, -0.2) is 0 Å². The average molecular weight is 276 g/mol. The highest BCUT2D eigenvalue weighted by Gasteiger charge is 2.11. The van der Waals surface area contributed by atoms with Gasteiger partial charge in [-0.2, -0.15) is 0 Å². The Morgan fingerprint density at radius 2 is 1.45 bits per heavy atom. The van der Waals surface area contributed by atoms with Gasteiger partial charge in [0.15, 0.2) is 5.78 Å². The van der Waals surface area contributed by atoms with Crippen LogP contribution in [-0.4, -0.2) is 5.78 Å². The standard InChI is InChI=1S/C9H14O.C9H14.CH4/c1-7(2)8-4-3-5-9(10)6-8;1-7(2)9-5-4-8(3)6-9;/h6-7H,3-5H2,1-2H3;6-7H,3-5H2,1-2H3;1H4. The molecule has 0 unspecified atom stereocenters. The van der Waals surface area contributed by atoms with Crippen molar-refractivity contribution in [3.05, 3.63) is 35.5 Å². The molecule has 1 heteroatoms. The minimum atomic E-state index is 0. The lowest BCUT2D eigenvalue weighted by Crippen LogP contribution is -2.06. The van der Waals surface area contributed by atoms with Gasteiger partial charge in [-0.1, -0.05) is 64.5 Å². The summed E-state index contributed by atoms with van der Waals surface area (Å²) >= 11 is 0. The van der Waals surface area contributed by atoms with Crippen molar-refractivity contribution in [3.63, 3.8) is 0 Å². The van der Waals surface area contributed by atoms with E-state index in [0.29, 0.717) is 11.7 Å². The normalized spacial score (nSPS) is 18.3. The number of carbonyl (C=O) groups is 1. The van der Waals surface area contributed by atoms with Gasteiger partial charge < -0.3 is 0 Å². The highest BCUT2D eigenvalue weighted by atomic mass is 16.1. The zero-order chi connectivity index (χ0) is 14.4. The van der Waals surface area contributed by atoms with E-state index in [2.05, 4.69) is 40.3 Å². The first-order valence-electron chi connectivity index (χ1n) is 7.51. The minimum absolute atomic E-state index is 0. The lowest BCUT2D eigenvalue weighted by Gasteiger charge is -2.14. The summed E-state index contributed by atoms with van der Waals surface area (Å²) in [5.74, 6) is 1.60. The lowest BCUT2D eigenvalue weighted by atomic mass is 9.91. The number of allylic oxidation sites excluding steroid dienone is 5. The largest absolute Gasteiger partial charge is 0.295 e. The third-order valence-corrected chi connectivity index (χ3v) is 3.84. The lowest BCUT2D eigenvalue weighted by molar-refractivity contribution is -0.115. The quantitative estimate of drug-likeness (QED) is 0.616. The van der Waals surface area contributed by atoms with Crippen molar-refractivity contribution in [2.24, 2.45) is 11.8 Å². The number of ketones is 1. The molecule has 0 atom stereocenters.